The first-order chi connectivity index (χ1) is 14.1. The van der Waals surface area contributed by atoms with Crippen LogP contribution >= 0.6 is 0 Å². The van der Waals surface area contributed by atoms with Gasteiger partial charge in [-0.05, 0) is 43.7 Å². The monoisotopic (exact) mass is 393 g/mol. The number of nitrogens with zero attached hydrogens (tertiary/aromatic N) is 3. The summed E-state index contributed by atoms with van der Waals surface area (Å²) in [7, 11) is 3.24. The van der Waals surface area contributed by atoms with Gasteiger partial charge < -0.3 is 20.1 Å². The quantitative estimate of drug-likeness (QED) is 0.472. The largest absolute Gasteiger partial charge is 0.493 e. The Balaban J connectivity index is 1.82. The minimum absolute atomic E-state index is 0.512. The number of ether oxygens (including phenoxy) is 2. The van der Waals surface area contributed by atoms with E-state index in [9.17, 15) is 0 Å². The fourth-order valence-electron chi connectivity index (χ4n) is 2.94. The molecule has 152 valence electrons. The van der Waals surface area contributed by atoms with Gasteiger partial charge in [0.05, 0.1) is 32.1 Å². The van der Waals surface area contributed by atoms with Gasteiger partial charge >= 0.3 is 0 Å². The predicted molar refractivity (Wildman–Crippen MR) is 116 cm³/mol. The summed E-state index contributed by atoms with van der Waals surface area (Å²) in [6.45, 7) is 5.27. The van der Waals surface area contributed by atoms with Crippen LogP contribution in [0.15, 0.2) is 59.7 Å². The molecule has 7 nitrogen and oxygen atoms in total. The second kappa shape index (κ2) is 9.64. The van der Waals surface area contributed by atoms with Crippen molar-refractivity contribution in [3.63, 3.8) is 0 Å². The van der Waals surface area contributed by atoms with Crippen LogP contribution < -0.4 is 20.1 Å². The van der Waals surface area contributed by atoms with Gasteiger partial charge in [-0.25, -0.2) is 9.67 Å². The first-order valence-corrected chi connectivity index (χ1v) is 9.52. The van der Waals surface area contributed by atoms with E-state index in [1.54, 1.807) is 14.2 Å². The maximum absolute atomic E-state index is 5.38. The number of nitrogens with one attached hydrogen (secondary N) is 2. The molecule has 7 heteroatoms. The van der Waals surface area contributed by atoms with E-state index < -0.39 is 0 Å². The average molecular weight is 393 g/mol. The van der Waals surface area contributed by atoms with Crippen molar-refractivity contribution in [2.75, 3.05) is 26.1 Å². The fraction of sp³-hybridized carbons (Fsp3) is 0.273. The molecule has 3 aromatic rings. The van der Waals surface area contributed by atoms with Gasteiger partial charge in [0.1, 0.15) is 0 Å². The lowest BCUT2D eigenvalue weighted by atomic mass is 10.2. The Hall–Kier alpha value is -3.48. The summed E-state index contributed by atoms with van der Waals surface area (Å²) in [5.74, 6) is 2.03. The Morgan fingerprint density at radius 1 is 1.07 bits per heavy atom. The standard InChI is InChI=1S/C22H27N5O2/c1-5-23-22(25-18-10-11-20(28-3)21(14-18)29-4)24-15-17-8-6-7-9-19(17)27-13-12-16(2)26-27/h6-14H,5,15H2,1-4H3,(H2,23,24,25). The Kier molecular flexibility index (Phi) is 6.73. The number of aliphatic imine (C=N–C) groups is 1. The minimum Gasteiger partial charge on any atom is -0.493 e. The molecule has 0 radical (unpaired) electrons. The molecular formula is C22H27N5O2. The number of hydrogen-bond donors (Lipinski definition) is 2. The molecule has 0 aliphatic heterocycles. The molecule has 0 saturated carbocycles. The number of benzene rings is 2. The van der Waals surface area contributed by atoms with Crippen LogP contribution in [0.25, 0.3) is 5.69 Å². The van der Waals surface area contributed by atoms with Crippen LogP contribution in [0, 0.1) is 6.92 Å². The SMILES string of the molecule is CCNC(=NCc1ccccc1-n1ccc(C)n1)Nc1ccc(OC)c(OC)c1. The van der Waals surface area contributed by atoms with Gasteiger partial charge in [0.15, 0.2) is 17.5 Å². The highest BCUT2D eigenvalue weighted by atomic mass is 16.5. The summed E-state index contributed by atoms with van der Waals surface area (Å²) in [6.07, 6.45) is 1.96. The van der Waals surface area contributed by atoms with E-state index in [1.807, 2.05) is 67.2 Å². The van der Waals surface area contributed by atoms with Gasteiger partial charge in [-0.1, -0.05) is 18.2 Å². The van der Waals surface area contributed by atoms with Crippen molar-refractivity contribution in [2.45, 2.75) is 20.4 Å². The molecule has 2 aromatic carbocycles. The molecule has 0 aliphatic rings. The number of rotatable bonds is 7. The van der Waals surface area contributed by atoms with Crippen molar-refractivity contribution >= 4 is 11.6 Å². The number of anilines is 1. The summed E-state index contributed by atoms with van der Waals surface area (Å²) in [5, 5.41) is 11.1. The molecule has 0 fully saturated rings. The van der Waals surface area contributed by atoms with Gasteiger partial charge in [0, 0.05) is 24.5 Å². The molecule has 0 atom stereocenters. The van der Waals surface area contributed by atoms with E-state index in [2.05, 4.69) is 21.8 Å². The third-order valence-corrected chi connectivity index (χ3v) is 4.36. The molecule has 3 rings (SSSR count). The zero-order valence-electron chi connectivity index (χ0n) is 17.3. The second-order valence-corrected chi connectivity index (χ2v) is 6.42. The van der Waals surface area contributed by atoms with Crippen molar-refractivity contribution in [3.8, 4) is 17.2 Å². The normalized spacial score (nSPS) is 11.2. The molecule has 0 unspecified atom stereocenters. The Labute approximate surface area is 171 Å². The van der Waals surface area contributed by atoms with Crippen molar-refractivity contribution < 1.29 is 9.47 Å². The van der Waals surface area contributed by atoms with Crippen molar-refractivity contribution in [3.05, 3.63) is 66.0 Å². The van der Waals surface area contributed by atoms with E-state index in [1.165, 1.54) is 0 Å². The van der Waals surface area contributed by atoms with Crippen LogP contribution in [-0.2, 0) is 6.54 Å². The van der Waals surface area contributed by atoms with E-state index in [4.69, 9.17) is 14.5 Å². The molecule has 0 saturated heterocycles. The number of hydrogen-bond acceptors (Lipinski definition) is 4. The number of para-hydroxylation sites is 1. The van der Waals surface area contributed by atoms with Crippen LogP contribution in [0.1, 0.15) is 18.2 Å². The van der Waals surface area contributed by atoms with E-state index >= 15 is 0 Å². The second-order valence-electron chi connectivity index (χ2n) is 6.42. The number of aryl methyl sites for hydroxylation is 1. The summed E-state index contributed by atoms with van der Waals surface area (Å²) in [5.41, 5.74) is 3.94. The van der Waals surface area contributed by atoms with Crippen LogP contribution in [0.3, 0.4) is 0 Å². The third-order valence-electron chi connectivity index (χ3n) is 4.36. The molecule has 1 aromatic heterocycles. The summed E-state index contributed by atoms with van der Waals surface area (Å²) in [4.78, 5) is 4.75. The summed E-state index contributed by atoms with van der Waals surface area (Å²) in [6, 6.07) is 15.8. The highest BCUT2D eigenvalue weighted by molar-refractivity contribution is 5.93. The predicted octanol–water partition coefficient (Wildman–Crippen LogP) is 3.78. The Morgan fingerprint density at radius 3 is 2.55 bits per heavy atom. The van der Waals surface area contributed by atoms with Crippen molar-refractivity contribution in [1.29, 1.82) is 0 Å². The Bertz CT molecular complexity index is 981. The zero-order chi connectivity index (χ0) is 20.6. The minimum atomic E-state index is 0.512. The molecule has 29 heavy (non-hydrogen) atoms. The van der Waals surface area contributed by atoms with Gasteiger partial charge in [-0.15, -0.1) is 0 Å². The average Bonchev–Trinajstić information content (AvgIpc) is 3.18. The van der Waals surface area contributed by atoms with Gasteiger partial charge in [0.25, 0.3) is 0 Å². The molecule has 0 aliphatic carbocycles. The molecule has 1 heterocycles. The maximum Gasteiger partial charge on any atom is 0.196 e. The lowest BCUT2D eigenvalue weighted by Crippen LogP contribution is -2.30. The van der Waals surface area contributed by atoms with Crippen LogP contribution in [0.2, 0.25) is 0 Å². The highest BCUT2D eigenvalue weighted by Gasteiger charge is 2.08. The van der Waals surface area contributed by atoms with Crippen molar-refractivity contribution in [2.24, 2.45) is 4.99 Å². The first kappa shape index (κ1) is 20.3. The molecule has 0 spiro atoms. The van der Waals surface area contributed by atoms with Gasteiger partial charge in [-0.2, -0.15) is 5.10 Å². The van der Waals surface area contributed by atoms with Crippen molar-refractivity contribution in [1.82, 2.24) is 15.1 Å². The first-order valence-electron chi connectivity index (χ1n) is 9.52. The van der Waals surface area contributed by atoms with Crippen LogP contribution in [0.5, 0.6) is 11.5 Å². The van der Waals surface area contributed by atoms with E-state index in [0.717, 1.165) is 29.2 Å². The van der Waals surface area contributed by atoms with Gasteiger partial charge in [0.2, 0.25) is 0 Å². The number of aromatic nitrogens is 2. The zero-order valence-corrected chi connectivity index (χ0v) is 17.3. The summed E-state index contributed by atoms with van der Waals surface area (Å²) >= 11 is 0. The van der Waals surface area contributed by atoms with Gasteiger partial charge in [-0.3, -0.25) is 0 Å². The summed E-state index contributed by atoms with van der Waals surface area (Å²) < 4.78 is 12.6. The highest BCUT2D eigenvalue weighted by Crippen LogP contribution is 2.29. The molecule has 2 N–H and O–H groups in total. The lowest BCUT2D eigenvalue weighted by Gasteiger charge is -2.14. The van der Waals surface area contributed by atoms with Crippen LogP contribution in [0.4, 0.5) is 5.69 Å². The van der Waals surface area contributed by atoms with E-state index in [-0.39, 0.29) is 0 Å². The number of methoxy groups -OCH3 is 2. The fourth-order valence-corrected chi connectivity index (χ4v) is 2.94. The maximum atomic E-state index is 5.38. The molecular weight excluding hydrogens is 366 g/mol. The van der Waals surface area contributed by atoms with Crippen LogP contribution in [-0.4, -0.2) is 36.5 Å². The Morgan fingerprint density at radius 2 is 1.86 bits per heavy atom. The molecule has 0 amide bonds. The number of guanidine groups is 1. The smallest absolute Gasteiger partial charge is 0.196 e. The molecule has 0 bridgehead atoms. The lowest BCUT2D eigenvalue weighted by molar-refractivity contribution is 0.355. The topological polar surface area (TPSA) is 72.7 Å². The van der Waals surface area contributed by atoms with E-state index in [0.29, 0.717) is 24.0 Å². The third kappa shape index (κ3) is 5.07.